The van der Waals surface area contributed by atoms with Crippen molar-refractivity contribution in [1.29, 1.82) is 0 Å². The molecule has 122 valence electrons. The van der Waals surface area contributed by atoms with E-state index in [0.29, 0.717) is 5.75 Å². The van der Waals surface area contributed by atoms with Gasteiger partial charge in [-0.25, -0.2) is 0 Å². The fourth-order valence-electron chi connectivity index (χ4n) is 2.54. The Kier molecular flexibility index (Phi) is 5.39. The van der Waals surface area contributed by atoms with E-state index in [0.717, 1.165) is 17.2 Å². The molecule has 0 heterocycles. The Hall–Kier alpha value is -2.46. The number of anilines is 1. The summed E-state index contributed by atoms with van der Waals surface area (Å²) in [6.07, 6.45) is 0. The zero-order valence-corrected chi connectivity index (χ0v) is 14.3. The number of carbonyl (C=O) groups is 1. The lowest BCUT2D eigenvalue weighted by molar-refractivity contribution is -0.113. The summed E-state index contributed by atoms with van der Waals surface area (Å²) in [6, 6.07) is 22.0. The number of ether oxygens (including phenoxy) is 1. The van der Waals surface area contributed by atoms with E-state index in [-0.39, 0.29) is 5.91 Å². The number of amides is 1. The average molecular weight is 337 g/mol. The van der Waals surface area contributed by atoms with Gasteiger partial charge in [-0.3, -0.25) is 4.79 Å². The summed E-state index contributed by atoms with van der Waals surface area (Å²) in [5.41, 5.74) is 2.04. The van der Waals surface area contributed by atoms with Crippen molar-refractivity contribution < 1.29 is 9.53 Å². The van der Waals surface area contributed by atoms with Crippen molar-refractivity contribution in [2.24, 2.45) is 0 Å². The lowest BCUT2D eigenvalue weighted by Gasteiger charge is -2.08. The highest BCUT2D eigenvalue weighted by molar-refractivity contribution is 7.99. The van der Waals surface area contributed by atoms with Gasteiger partial charge in [0.05, 0.1) is 12.9 Å². The predicted molar refractivity (Wildman–Crippen MR) is 102 cm³/mol. The van der Waals surface area contributed by atoms with E-state index in [9.17, 15) is 4.79 Å². The number of thioether (sulfide) groups is 1. The summed E-state index contributed by atoms with van der Waals surface area (Å²) < 4.78 is 5.11. The van der Waals surface area contributed by atoms with E-state index >= 15 is 0 Å². The van der Waals surface area contributed by atoms with Crippen molar-refractivity contribution in [2.75, 3.05) is 18.2 Å². The van der Waals surface area contributed by atoms with Gasteiger partial charge < -0.3 is 10.1 Å². The van der Waals surface area contributed by atoms with E-state index in [1.165, 1.54) is 16.3 Å². The molecule has 3 aromatic rings. The molecule has 0 aliphatic carbocycles. The van der Waals surface area contributed by atoms with E-state index in [1.807, 2.05) is 36.4 Å². The standard InChI is InChI=1S/C20H19NO2S/c1-23-18-11-9-17(10-12-18)21-20(22)14-24-13-16-7-4-6-15-5-2-3-8-19(15)16/h2-12H,13-14H2,1H3,(H,21,22). The topological polar surface area (TPSA) is 38.3 Å². The highest BCUT2D eigenvalue weighted by Crippen LogP contribution is 2.23. The minimum Gasteiger partial charge on any atom is -0.497 e. The summed E-state index contributed by atoms with van der Waals surface area (Å²) >= 11 is 1.62. The van der Waals surface area contributed by atoms with Crippen LogP contribution in [0, 0.1) is 0 Å². The zero-order valence-electron chi connectivity index (χ0n) is 13.5. The number of hydrogen-bond donors (Lipinski definition) is 1. The van der Waals surface area contributed by atoms with Gasteiger partial charge in [-0.1, -0.05) is 42.5 Å². The van der Waals surface area contributed by atoms with Gasteiger partial charge in [-0.2, -0.15) is 0 Å². The molecule has 1 N–H and O–H groups in total. The first kappa shape index (κ1) is 16.4. The Morgan fingerprint density at radius 2 is 1.75 bits per heavy atom. The van der Waals surface area contributed by atoms with Gasteiger partial charge in [0.1, 0.15) is 5.75 Å². The lowest BCUT2D eigenvalue weighted by Crippen LogP contribution is -2.14. The van der Waals surface area contributed by atoms with E-state index in [1.54, 1.807) is 18.9 Å². The fourth-order valence-corrected chi connectivity index (χ4v) is 3.37. The van der Waals surface area contributed by atoms with Crippen molar-refractivity contribution in [1.82, 2.24) is 0 Å². The SMILES string of the molecule is COc1ccc(NC(=O)CSCc2cccc3ccccc23)cc1. The highest BCUT2D eigenvalue weighted by Gasteiger charge is 2.05. The molecule has 3 aromatic carbocycles. The number of nitrogens with one attached hydrogen (secondary N) is 1. The second kappa shape index (κ2) is 7.88. The van der Waals surface area contributed by atoms with Gasteiger partial charge >= 0.3 is 0 Å². The van der Waals surface area contributed by atoms with Crippen LogP contribution in [0.15, 0.2) is 66.7 Å². The van der Waals surface area contributed by atoms with Gasteiger partial charge in [0.15, 0.2) is 0 Å². The van der Waals surface area contributed by atoms with Gasteiger partial charge in [0.2, 0.25) is 5.91 Å². The third kappa shape index (κ3) is 4.09. The molecular formula is C20H19NO2S. The average Bonchev–Trinajstić information content (AvgIpc) is 2.62. The van der Waals surface area contributed by atoms with Crippen molar-refractivity contribution in [3.8, 4) is 5.75 Å². The van der Waals surface area contributed by atoms with E-state index < -0.39 is 0 Å². The Bertz CT molecular complexity index is 825. The Morgan fingerprint density at radius 3 is 2.54 bits per heavy atom. The van der Waals surface area contributed by atoms with Gasteiger partial charge in [-0.15, -0.1) is 11.8 Å². The van der Waals surface area contributed by atoms with Crippen LogP contribution in [0.1, 0.15) is 5.56 Å². The molecule has 0 aromatic heterocycles. The molecule has 0 aliphatic heterocycles. The molecule has 0 atom stereocenters. The highest BCUT2D eigenvalue weighted by atomic mass is 32.2. The summed E-state index contributed by atoms with van der Waals surface area (Å²) in [4.78, 5) is 12.1. The molecule has 0 radical (unpaired) electrons. The van der Waals surface area contributed by atoms with Crippen molar-refractivity contribution >= 4 is 34.1 Å². The molecule has 3 rings (SSSR count). The summed E-state index contributed by atoms with van der Waals surface area (Å²) in [6.45, 7) is 0. The lowest BCUT2D eigenvalue weighted by atomic mass is 10.1. The first-order valence-corrected chi connectivity index (χ1v) is 8.90. The van der Waals surface area contributed by atoms with Gasteiger partial charge in [0, 0.05) is 11.4 Å². The van der Waals surface area contributed by atoms with Crippen molar-refractivity contribution in [3.05, 3.63) is 72.3 Å². The molecule has 0 bridgehead atoms. The maximum absolute atomic E-state index is 12.1. The molecule has 0 unspecified atom stereocenters. The monoisotopic (exact) mass is 337 g/mol. The number of rotatable bonds is 6. The third-order valence-electron chi connectivity index (χ3n) is 3.74. The van der Waals surface area contributed by atoms with Gasteiger partial charge in [-0.05, 0) is 40.6 Å². The predicted octanol–water partition coefficient (Wildman–Crippen LogP) is 4.72. The Labute approximate surface area is 146 Å². The Morgan fingerprint density at radius 1 is 1.00 bits per heavy atom. The van der Waals surface area contributed by atoms with Crippen LogP contribution in [-0.2, 0) is 10.5 Å². The number of methoxy groups -OCH3 is 1. The molecule has 24 heavy (non-hydrogen) atoms. The Balaban J connectivity index is 1.54. The summed E-state index contributed by atoms with van der Waals surface area (Å²) in [5, 5.41) is 5.39. The van der Waals surface area contributed by atoms with Crippen molar-refractivity contribution in [3.63, 3.8) is 0 Å². The van der Waals surface area contributed by atoms with Gasteiger partial charge in [0.25, 0.3) is 0 Å². The molecular weight excluding hydrogens is 318 g/mol. The number of benzene rings is 3. The van der Waals surface area contributed by atoms with Crippen LogP contribution in [0.3, 0.4) is 0 Å². The third-order valence-corrected chi connectivity index (χ3v) is 4.73. The number of carbonyl (C=O) groups excluding carboxylic acids is 1. The maximum Gasteiger partial charge on any atom is 0.234 e. The maximum atomic E-state index is 12.1. The van der Waals surface area contributed by atoms with E-state index in [2.05, 4.69) is 35.6 Å². The quantitative estimate of drug-likeness (QED) is 0.707. The second-order valence-corrected chi connectivity index (χ2v) is 6.39. The molecule has 0 saturated heterocycles. The molecule has 0 saturated carbocycles. The first-order valence-electron chi connectivity index (χ1n) is 7.74. The van der Waals surface area contributed by atoms with Crippen molar-refractivity contribution in [2.45, 2.75) is 5.75 Å². The second-order valence-electron chi connectivity index (χ2n) is 5.41. The minimum absolute atomic E-state index is 0.00500. The molecule has 0 spiro atoms. The van der Waals surface area contributed by atoms with Crippen LogP contribution in [0.25, 0.3) is 10.8 Å². The van der Waals surface area contributed by atoms with Crippen LogP contribution in [0.5, 0.6) is 5.75 Å². The van der Waals surface area contributed by atoms with Crippen LogP contribution < -0.4 is 10.1 Å². The molecule has 3 nitrogen and oxygen atoms in total. The van der Waals surface area contributed by atoms with Crippen LogP contribution >= 0.6 is 11.8 Å². The molecule has 0 aliphatic rings. The largest absolute Gasteiger partial charge is 0.497 e. The first-order chi connectivity index (χ1) is 11.8. The van der Waals surface area contributed by atoms with Crippen LogP contribution in [0.4, 0.5) is 5.69 Å². The van der Waals surface area contributed by atoms with Crippen LogP contribution in [-0.4, -0.2) is 18.8 Å². The molecule has 1 amide bonds. The van der Waals surface area contributed by atoms with E-state index in [4.69, 9.17) is 4.74 Å². The number of fused-ring (bicyclic) bond motifs is 1. The molecule has 0 fully saturated rings. The smallest absolute Gasteiger partial charge is 0.234 e. The minimum atomic E-state index is 0.00500. The normalized spacial score (nSPS) is 10.5. The summed E-state index contributed by atoms with van der Waals surface area (Å²) in [5.74, 6) is 2.02. The zero-order chi connectivity index (χ0) is 16.8. The van der Waals surface area contributed by atoms with Crippen LogP contribution in [0.2, 0.25) is 0 Å². The number of hydrogen-bond acceptors (Lipinski definition) is 3. The summed E-state index contributed by atoms with van der Waals surface area (Å²) in [7, 11) is 1.62. The fraction of sp³-hybridized carbons (Fsp3) is 0.150. The molecule has 4 heteroatoms.